The van der Waals surface area contributed by atoms with Gasteiger partial charge in [0.1, 0.15) is 5.75 Å². The van der Waals surface area contributed by atoms with Crippen molar-refractivity contribution in [3.05, 3.63) is 29.8 Å². The van der Waals surface area contributed by atoms with Crippen molar-refractivity contribution in [3.8, 4) is 11.8 Å². The Kier molecular flexibility index (Phi) is 3.51. The highest BCUT2D eigenvalue weighted by Gasteiger charge is 2.21. The predicted octanol–water partition coefficient (Wildman–Crippen LogP) is 2.81. The molecule has 0 spiro atoms. The number of nitrogens with zero attached hydrogens (tertiary/aromatic N) is 1. The first-order chi connectivity index (χ1) is 6.92. The summed E-state index contributed by atoms with van der Waals surface area (Å²) in [5.41, 5.74) is 0.790. The van der Waals surface area contributed by atoms with Gasteiger partial charge in [0, 0.05) is 0 Å². The molecule has 0 aromatic heterocycles. The summed E-state index contributed by atoms with van der Waals surface area (Å²) in [5, 5.41) is 18.1. The minimum absolute atomic E-state index is 0.198. The lowest BCUT2D eigenvalue weighted by Crippen LogP contribution is -2.27. The van der Waals surface area contributed by atoms with Crippen LogP contribution in [0.25, 0.3) is 0 Å². The van der Waals surface area contributed by atoms with Crippen LogP contribution in [0.3, 0.4) is 0 Å². The zero-order valence-electron chi connectivity index (χ0n) is 9.19. The molecule has 0 aliphatic carbocycles. The van der Waals surface area contributed by atoms with Crippen LogP contribution in [-0.2, 0) is 4.43 Å². The van der Waals surface area contributed by atoms with Crippen LogP contribution in [-0.4, -0.2) is 13.4 Å². The Morgan fingerprint density at radius 1 is 1.27 bits per heavy atom. The van der Waals surface area contributed by atoms with E-state index >= 15 is 0 Å². The first-order valence-corrected chi connectivity index (χ1v) is 8.19. The Labute approximate surface area is 91.1 Å². The molecule has 15 heavy (non-hydrogen) atoms. The lowest BCUT2D eigenvalue weighted by Gasteiger charge is -2.21. The number of hydrogen-bond acceptors (Lipinski definition) is 3. The molecule has 1 atom stereocenters. The van der Waals surface area contributed by atoms with E-state index in [2.05, 4.69) is 6.07 Å². The van der Waals surface area contributed by atoms with Crippen molar-refractivity contribution in [1.82, 2.24) is 0 Å². The maximum absolute atomic E-state index is 9.13. The van der Waals surface area contributed by atoms with Gasteiger partial charge in [0.05, 0.1) is 6.07 Å². The van der Waals surface area contributed by atoms with E-state index in [1.54, 1.807) is 24.3 Å². The number of nitriles is 1. The third-order valence-corrected chi connectivity index (χ3v) is 2.73. The molecule has 0 heterocycles. The maximum atomic E-state index is 9.13. The van der Waals surface area contributed by atoms with Crippen LogP contribution in [0.1, 0.15) is 11.7 Å². The highest BCUT2D eigenvalue weighted by atomic mass is 28.4. The largest absolute Gasteiger partial charge is 0.508 e. The first-order valence-electron chi connectivity index (χ1n) is 4.79. The van der Waals surface area contributed by atoms with Gasteiger partial charge in [-0.3, -0.25) is 0 Å². The van der Waals surface area contributed by atoms with Gasteiger partial charge in [-0.1, -0.05) is 12.1 Å². The van der Waals surface area contributed by atoms with E-state index in [0.717, 1.165) is 5.56 Å². The van der Waals surface area contributed by atoms with E-state index in [1.807, 2.05) is 19.6 Å². The fourth-order valence-electron chi connectivity index (χ4n) is 1.17. The second-order valence-electron chi connectivity index (χ2n) is 4.33. The molecule has 1 aromatic carbocycles. The summed E-state index contributed by atoms with van der Waals surface area (Å²) in [7, 11) is -1.72. The van der Waals surface area contributed by atoms with Gasteiger partial charge < -0.3 is 9.53 Å². The summed E-state index contributed by atoms with van der Waals surface area (Å²) in [5.74, 6) is 0.198. The van der Waals surface area contributed by atoms with E-state index in [9.17, 15) is 0 Å². The molecule has 1 unspecified atom stereocenters. The summed E-state index contributed by atoms with van der Waals surface area (Å²) in [6.07, 6.45) is -0.530. The molecule has 0 aliphatic heterocycles. The number of benzene rings is 1. The van der Waals surface area contributed by atoms with Crippen LogP contribution in [0.5, 0.6) is 5.75 Å². The Hall–Kier alpha value is -1.31. The summed E-state index contributed by atoms with van der Waals surface area (Å²) >= 11 is 0. The van der Waals surface area contributed by atoms with Gasteiger partial charge in [0.25, 0.3) is 0 Å². The molecule has 3 nitrogen and oxygen atoms in total. The van der Waals surface area contributed by atoms with Crippen LogP contribution >= 0.6 is 0 Å². The predicted molar refractivity (Wildman–Crippen MR) is 60.9 cm³/mol. The van der Waals surface area contributed by atoms with Crippen LogP contribution in [0.2, 0.25) is 19.6 Å². The van der Waals surface area contributed by atoms with E-state index in [1.165, 1.54) is 0 Å². The van der Waals surface area contributed by atoms with Gasteiger partial charge in [-0.25, -0.2) is 0 Å². The molecule has 80 valence electrons. The van der Waals surface area contributed by atoms with Crippen LogP contribution in [0.15, 0.2) is 24.3 Å². The maximum Gasteiger partial charge on any atom is 0.186 e. The number of phenols is 1. The molecule has 0 bridgehead atoms. The van der Waals surface area contributed by atoms with Crippen LogP contribution in [0, 0.1) is 11.3 Å². The lowest BCUT2D eigenvalue weighted by atomic mass is 10.1. The molecule has 0 radical (unpaired) electrons. The monoisotopic (exact) mass is 221 g/mol. The van der Waals surface area contributed by atoms with Gasteiger partial charge in [-0.2, -0.15) is 5.26 Å². The molecule has 1 rings (SSSR count). The molecule has 0 amide bonds. The van der Waals surface area contributed by atoms with Gasteiger partial charge >= 0.3 is 0 Å². The molecular formula is C11H15NO2Si. The minimum Gasteiger partial charge on any atom is -0.508 e. The Balaban J connectivity index is 2.85. The lowest BCUT2D eigenvalue weighted by molar-refractivity contribution is 0.255. The topological polar surface area (TPSA) is 53.2 Å². The molecule has 1 aromatic rings. The summed E-state index contributed by atoms with van der Waals surface area (Å²) in [4.78, 5) is 0. The summed E-state index contributed by atoms with van der Waals surface area (Å²) < 4.78 is 5.71. The van der Waals surface area contributed by atoms with Crippen molar-refractivity contribution in [3.63, 3.8) is 0 Å². The van der Waals surface area contributed by atoms with Crippen molar-refractivity contribution < 1.29 is 9.53 Å². The second kappa shape index (κ2) is 4.47. The third kappa shape index (κ3) is 3.74. The quantitative estimate of drug-likeness (QED) is 0.798. The first kappa shape index (κ1) is 11.8. The normalized spacial score (nSPS) is 13.2. The fourth-order valence-corrected chi connectivity index (χ4v) is 2.07. The SMILES string of the molecule is C[Si](C)(C)OC(C#N)c1ccc(O)cc1. The van der Waals surface area contributed by atoms with E-state index in [0.29, 0.717) is 0 Å². The van der Waals surface area contributed by atoms with E-state index < -0.39 is 14.4 Å². The van der Waals surface area contributed by atoms with Gasteiger partial charge in [0.15, 0.2) is 14.4 Å². The molecule has 0 fully saturated rings. The smallest absolute Gasteiger partial charge is 0.186 e. The van der Waals surface area contributed by atoms with Crippen molar-refractivity contribution in [2.75, 3.05) is 0 Å². The van der Waals surface area contributed by atoms with E-state index in [-0.39, 0.29) is 5.75 Å². The van der Waals surface area contributed by atoms with Crippen molar-refractivity contribution in [2.24, 2.45) is 0 Å². The molecular weight excluding hydrogens is 206 g/mol. The zero-order chi connectivity index (χ0) is 11.5. The summed E-state index contributed by atoms with van der Waals surface area (Å²) in [6.45, 7) is 6.12. The summed E-state index contributed by atoms with van der Waals surface area (Å²) in [6, 6.07) is 8.67. The van der Waals surface area contributed by atoms with Crippen molar-refractivity contribution in [1.29, 1.82) is 5.26 Å². The molecule has 0 saturated heterocycles. The van der Waals surface area contributed by atoms with Crippen LogP contribution in [0.4, 0.5) is 0 Å². The Morgan fingerprint density at radius 3 is 2.20 bits per heavy atom. The number of aromatic hydroxyl groups is 1. The van der Waals surface area contributed by atoms with Gasteiger partial charge in [-0.05, 0) is 37.3 Å². The fraction of sp³-hybridized carbons (Fsp3) is 0.364. The number of hydrogen-bond donors (Lipinski definition) is 1. The minimum atomic E-state index is -1.72. The Bertz CT molecular complexity index is 362. The standard InChI is InChI=1S/C11H15NO2Si/c1-15(2,3)14-11(8-12)9-4-6-10(13)7-5-9/h4-7,11,13H,1-3H3. The van der Waals surface area contributed by atoms with E-state index in [4.69, 9.17) is 14.8 Å². The van der Waals surface area contributed by atoms with Gasteiger partial charge in [0.2, 0.25) is 0 Å². The molecule has 1 N–H and O–H groups in total. The van der Waals surface area contributed by atoms with Gasteiger partial charge in [-0.15, -0.1) is 0 Å². The Morgan fingerprint density at radius 2 is 1.80 bits per heavy atom. The molecule has 0 saturated carbocycles. The van der Waals surface area contributed by atoms with Crippen LogP contribution < -0.4 is 0 Å². The average molecular weight is 221 g/mol. The number of phenolic OH excluding ortho intramolecular Hbond substituents is 1. The average Bonchev–Trinajstić information content (AvgIpc) is 2.14. The van der Waals surface area contributed by atoms with Crippen molar-refractivity contribution in [2.45, 2.75) is 25.7 Å². The molecule has 4 heteroatoms. The third-order valence-electron chi connectivity index (χ3n) is 1.78. The highest BCUT2D eigenvalue weighted by Crippen LogP contribution is 2.23. The highest BCUT2D eigenvalue weighted by molar-refractivity contribution is 6.69. The second-order valence-corrected chi connectivity index (χ2v) is 8.79. The number of rotatable bonds is 3. The zero-order valence-corrected chi connectivity index (χ0v) is 10.2. The van der Waals surface area contributed by atoms with Crippen molar-refractivity contribution >= 4 is 8.32 Å². The molecule has 0 aliphatic rings.